The molecule has 2 rings (SSSR count). The van der Waals surface area contributed by atoms with E-state index in [-0.39, 0.29) is 17.8 Å². The Labute approximate surface area is 121 Å². The molecule has 0 aliphatic carbocycles. The topological polar surface area (TPSA) is 42.0 Å². The van der Waals surface area contributed by atoms with E-state index in [1.54, 1.807) is 18.2 Å². The van der Waals surface area contributed by atoms with E-state index in [4.69, 9.17) is 0 Å². The maximum absolute atomic E-state index is 13.8. The summed E-state index contributed by atoms with van der Waals surface area (Å²) in [5.41, 5.74) is 1.33. The molecule has 1 amide bonds. The van der Waals surface area contributed by atoms with Gasteiger partial charge in [-0.15, -0.1) is 11.3 Å². The highest BCUT2D eigenvalue weighted by Crippen LogP contribution is 2.32. The van der Waals surface area contributed by atoms with Gasteiger partial charge < -0.3 is 5.32 Å². The smallest absolute Gasteiger partial charge is 0.220 e. The van der Waals surface area contributed by atoms with Gasteiger partial charge in [0, 0.05) is 12.0 Å². The summed E-state index contributed by atoms with van der Waals surface area (Å²) in [4.78, 5) is 16.8. The largest absolute Gasteiger partial charge is 0.349 e. The van der Waals surface area contributed by atoms with Crippen LogP contribution in [0.1, 0.15) is 36.9 Å². The highest BCUT2D eigenvalue weighted by molar-refractivity contribution is 7.15. The molecule has 1 aromatic carbocycles. The predicted molar refractivity (Wildman–Crippen MR) is 79.1 cm³/mol. The summed E-state index contributed by atoms with van der Waals surface area (Å²) in [6.45, 7) is 5.61. The summed E-state index contributed by atoms with van der Waals surface area (Å²) in [5, 5.41) is 3.55. The molecule has 5 heteroatoms. The third-order valence-corrected chi connectivity index (χ3v) is 4.40. The number of nitrogens with zero attached hydrogens (tertiary/aromatic N) is 1. The zero-order valence-corrected chi connectivity index (χ0v) is 12.6. The van der Waals surface area contributed by atoms with E-state index >= 15 is 0 Å². The Morgan fingerprint density at radius 1 is 1.45 bits per heavy atom. The van der Waals surface area contributed by atoms with Crippen LogP contribution >= 0.6 is 11.3 Å². The summed E-state index contributed by atoms with van der Waals surface area (Å²) in [6.07, 6.45) is 0.447. The van der Waals surface area contributed by atoms with Crippen molar-refractivity contribution in [3.63, 3.8) is 0 Å². The molecule has 2 aromatic rings. The lowest BCUT2D eigenvalue weighted by Gasteiger charge is -2.11. The van der Waals surface area contributed by atoms with Crippen molar-refractivity contribution in [2.24, 2.45) is 0 Å². The number of aryl methyl sites for hydroxylation is 1. The van der Waals surface area contributed by atoms with E-state index in [1.165, 1.54) is 17.4 Å². The van der Waals surface area contributed by atoms with Crippen molar-refractivity contribution < 1.29 is 9.18 Å². The molecule has 0 bridgehead atoms. The minimum absolute atomic E-state index is 0.00209. The number of nitrogens with one attached hydrogen (secondary N) is 1. The number of aromatic nitrogens is 1. The van der Waals surface area contributed by atoms with E-state index in [2.05, 4.69) is 10.3 Å². The number of hydrogen-bond acceptors (Lipinski definition) is 3. The van der Waals surface area contributed by atoms with Crippen LogP contribution in [0.25, 0.3) is 10.6 Å². The van der Waals surface area contributed by atoms with Gasteiger partial charge >= 0.3 is 0 Å². The molecule has 1 N–H and O–H groups in total. The minimum atomic E-state index is -0.280. The zero-order valence-electron chi connectivity index (χ0n) is 11.7. The molecule has 1 atom stereocenters. The molecule has 0 radical (unpaired) electrons. The van der Waals surface area contributed by atoms with Gasteiger partial charge in [-0.2, -0.15) is 0 Å². The van der Waals surface area contributed by atoms with Crippen LogP contribution < -0.4 is 5.32 Å². The Morgan fingerprint density at radius 3 is 2.80 bits per heavy atom. The van der Waals surface area contributed by atoms with E-state index in [0.29, 0.717) is 17.0 Å². The molecule has 0 aliphatic heterocycles. The quantitative estimate of drug-likeness (QED) is 0.930. The number of thiazole rings is 1. The third kappa shape index (κ3) is 3.04. The predicted octanol–water partition coefficient (Wildman–Crippen LogP) is 3.84. The third-order valence-electron chi connectivity index (χ3n) is 3.03. The monoisotopic (exact) mass is 292 g/mol. The Bertz CT molecular complexity index is 624. The molecule has 20 heavy (non-hydrogen) atoms. The number of benzene rings is 1. The lowest BCUT2D eigenvalue weighted by atomic mass is 10.2. The SMILES string of the molecule is CCC(=O)N[C@@H](C)c1sc(-c2ccccc2F)nc1C. The highest BCUT2D eigenvalue weighted by atomic mass is 32.1. The van der Waals surface area contributed by atoms with Crippen LogP contribution in [0.3, 0.4) is 0 Å². The molecule has 1 heterocycles. The van der Waals surface area contributed by atoms with E-state index in [0.717, 1.165) is 10.6 Å². The minimum Gasteiger partial charge on any atom is -0.349 e. The molecule has 0 spiro atoms. The van der Waals surface area contributed by atoms with Crippen molar-refractivity contribution in [3.8, 4) is 10.6 Å². The fourth-order valence-corrected chi connectivity index (χ4v) is 3.06. The standard InChI is InChI=1S/C15H17FN2OS/c1-4-13(19)17-9(2)14-10(3)18-15(20-14)11-7-5-6-8-12(11)16/h5-9H,4H2,1-3H3,(H,17,19)/t9-/m0/s1. The van der Waals surface area contributed by atoms with Crippen LogP contribution in [0.5, 0.6) is 0 Å². The average Bonchev–Trinajstić information content (AvgIpc) is 2.81. The maximum atomic E-state index is 13.8. The summed E-state index contributed by atoms with van der Waals surface area (Å²) >= 11 is 1.42. The second-order valence-corrected chi connectivity index (χ2v) is 5.62. The van der Waals surface area contributed by atoms with Gasteiger partial charge in [-0.05, 0) is 26.0 Å². The Kier molecular flexibility index (Phi) is 4.49. The molecular weight excluding hydrogens is 275 g/mol. The molecule has 0 unspecified atom stereocenters. The van der Waals surface area contributed by atoms with Crippen LogP contribution in [0.2, 0.25) is 0 Å². The highest BCUT2D eigenvalue weighted by Gasteiger charge is 2.17. The van der Waals surface area contributed by atoms with Crippen LogP contribution in [0.4, 0.5) is 4.39 Å². The van der Waals surface area contributed by atoms with Crippen molar-refractivity contribution in [3.05, 3.63) is 40.7 Å². The fourth-order valence-electron chi connectivity index (χ4n) is 1.97. The van der Waals surface area contributed by atoms with Crippen molar-refractivity contribution in [2.75, 3.05) is 0 Å². The first-order chi connectivity index (χ1) is 9.52. The fraction of sp³-hybridized carbons (Fsp3) is 0.333. The van der Waals surface area contributed by atoms with Gasteiger partial charge in [0.1, 0.15) is 10.8 Å². The van der Waals surface area contributed by atoms with E-state index < -0.39 is 0 Å². The Morgan fingerprint density at radius 2 is 2.15 bits per heavy atom. The summed E-state index contributed by atoms with van der Waals surface area (Å²) in [6, 6.07) is 6.47. The van der Waals surface area contributed by atoms with Gasteiger partial charge in [-0.1, -0.05) is 19.1 Å². The van der Waals surface area contributed by atoms with Crippen molar-refractivity contribution in [1.29, 1.82) is 0 Å². The number of rotatable bonds is 4. The number of halogens is 1. The van der Waals surface area contributed by atoms with Crippen LogP contribution in [-0.2, 0) is 4.79 Å². The molecular formula is C15H17FN2OS. The average molecular weight is 292 g/mol. The first-order valence-electron chi connectivity index (χ1n) is 6.54. The van der Waals surface area contributed by atoms with Crippen molar-refractivity contribution in [1.82, 2.24) is 10.3 Å². The summed E-state index contributed by atoms with van der Waals surface area (Å²) < 4.78 is 13.8. The van der Waals surface area contributed by atoms with Crippen LogP contribution in [0, 0.1) is 12.7 Å². The number of carbonyl (C=O) groups is 1. The Balaban J connectivity index is 2.30. The van der Waals surface area contributed by atoms with Gasteiger partial charge in [0.15, 0.2) is 0 Å². The number of amides is 1. The second kappa shape index (κ2) is 6.13. The van der Waals surface area contributed by atoms with Gasteiger partial charge in [0.25, 0.3) is 0 Å². The van der Waals surface area contributed by atoms with Gasteiger partial charge in [-0.3, -0.25) is 4.79 Å². The van der Waals surface area contributed by atoms with Gasteiger partial charge in [0.2, 0.25) is 5.91 Å². The first-order valence-corrected chi connectivity index (χ1v) is 7.36. The molecule has 0 aliphatic rings. The molecule has 1 aromatic heterocycles. The first kappa shape index (κ1) is 14.7. The maximum Gasteiger partial charge on any atom is 0.220 e. The van der Waals surface area contributed by atoms with Crippen molar-refractivity contribution >= 4 is 17.2 Å². The second-order valence-electron chi connectivity index (χ2n) is 4.59. The lowest BCUT2D eigenvalue weighted by molar-refractivity contribution is -0.121. The molecule has 3 nitrogen and oxygen atoms in total. The zero-order chi connectivity index (χ0) is 14.7. The van der Waals surface area contributed by atoms with Gasteiger partial charge in [0.05, 0.1) is 16.6 Å². The Hall–Kier alpha value is -1.75. The number of hydrogen-bond donors (Lipinski definition) is 1. The van der Waals surface area contributed by atoms with Crippen LogP contribution in [0.15, 0.2) is 24.3 Å². The molecule has 0 saturated heterocycles. The normalized spacial score (nSPS) is 12.2. The van der Waals surface area contributed by atoms with Gasteiger partial charge in [-0.25, -0.2) is 9.37 Å². The molecule has 0 saturated carbocycles. The number of carbonyl (C=O) groups excluding carboxylic acids is 1. The van der Waals surface area contributed by atoms with Crippen molar-refractivity contribution in [2.45, 2.75) is 33.2 Å². The van der Waals surface area contributed by atoms with E-state index in [9.17, 15) is 9.18 Å². The summed E-state index contributed by atoms with van der Waals surface area (Å²) in [7, 11) is 0. The lowest BCUT2D eigenvalue weighted by Crippen LogP contribution is -2.25. The summed E-state index contributed by atoms with van der Waals surface area (Å²) in [5.74, 6) is -0.282. The van der Waals surface area contributed by atoms with Crippen LogP contribution in [-0.4, -0.2) is 10.9 Å². The molecule has 0 fully saturated rings. The van der Waals surface area contributed by atoms with E-state index in [1.807, 2.05) is 20.8 Å². The molecule has 106 valence electrons.